The van der Waals surface area contributed by atoms with Gasteiger partial charge in [0.25, 0.3) is 5.56 Å². The SMILES string of the molecule is O=c1[nH]nc(-c2ccco2)c2c1Nc1nnnn1[C@@H]2c1cccs1. The molecule has 5 heterocycles. The van der Waals surface area contributed by atoms with E-state index < -0.39 is 0 Å². The average Bonchev–Trinajstić information content (AvgIpc) is 3.34. The van der Waals surface area contributed by atoms with Gasteiger partial charge in [0.05, 0.1) is 6.26 Å². The minimum atomic E-state index is -0.360. The molecule has 1 aliphatic rings. The first-order chi connectivity index (χ1) is 11.8. The zero-order valence-corrected chi connectivity index (χ0v) is 12.8. The van der Waals surface area contributed by atoms with Crippen LogP contribution in [0.15, 0.2) is 45.1 Å². The highest BCUT2D eigenvalue weighted by atomic mass is 32.1. The van der Waals surface area contributed by atoms with Gasteiger partial charge in [-0.2, -0.15) is 9.78 Å². The minimum Gasteiger partial charge on any atom is -0.463 e. The number of aromatic nitrogens is 6. The fraction of sp³-hybridized carbons (Fsp3) is 0.0714. The van der Waals surface area contributed by atoms with Crippen LogP contribution in [0.4, 0.5) is 11.6 Å². The van der Waals surface area contributed by atoms with Gasteiger partial charge in [-0.1, -0.05) is 11.2 Å². The van der Waals surface area contributed by atoms with Crippen LogP contribution in [0.3, 0.4) is 0 Å². The highest BCUT2D eigenvalue weighted by Gasteiger charge is 2.35. The predicted octanol–water partition coefficient (Wildman–Crippen LogP) is 1.77. The Balaban J connectivity index is 1.86. The molecule has 0 aromatic carbocycles. The Kier molecular flexibility index (Phi) is 2.67. The zero-order chi connectivity index (χ0) is 16.1. The number of furan rings is 1. The normalized spacial score (nSPS) is 15.6. The first-order valence-electron chi connectivity index (χ1n) is 7.07. The molecule has 0 spiro atoms. The van der Waals surface area contributed by atoms with Crippen LogP contribution in [0.5, 0.6) is 0 Å². The first kappa shape index (κ1) is 13.2. The minimum absolute atomic E-state index is 0.337. The van der Waals surface area contributed by atoms with Gasteiger partial charge in [0.15, 0.2) is 5.76 Å². The number of anilines is 2. The van der Waals surface area contributed by atoms with Gasteiger partial charge in [0, 0.05) is 10.4 Å². The third kappa shape index (κ3) is 1.77. The lowest BCUT2D eigenvalue weighted by Crippen LogP contribution is -2.28. The number of nitrogens with zero attached hydrogens (tertiary/aromatic N) is 5. The van der Waals surface area contributed by atoms with E-state index in [0.29, 0.717) is 28.7 Å². The van der Waals surface area contributed by atoms with Gasteiger partial charge in [-0.3, -0.25) is 4.79 Å². The quantitative estimate of drug-likeness (QED) is 0.503. The molecule has 2 N–H and O–H groups in total. The molecule has 24 heavy (non-hydrogen) atoms. The lowest BCUT2D eigenvalue weighted by molar-refractivity contribution is 0.558. The summed E-state index contributed by atoms with van der Waals surface area (Å²) in [6.45, 7) is 0. The number of hydrogen-bond donors (Lipinski definition) is 2. The monoisotopic (exact) mass is 339 g/mol. The fourth-order valence-corrected chi connectivity index (χ4v) is 3.67. The Morgan fingerprint density at radius 1 is 1.29 bits per heavy atom. The number of H-pyrrole nitrogens is 1. The molecule has 0 unspecified atom stereocenters. The van der Waals surface area contributed by atoms with Crippen molar-refractivity contribution in [2.75, 3.05) is 5.32 Å². The summed E-state index contributed by atoms with van der Waals surface area (Å²) in [5.74, 6) is 0.963. The van der Waals surface area contributed by atoms with E-state index in [-0.39, 0.29) is 11.6 Å². The number of tetrazole rings is 1. The molecule has 0 radical (unpaired) electrons. The third-order valence-corrected chi connectivity index (χ3v) is 4.76. The molecule has 4 aromatic rings. The van der Waals surface area contributed by atoms with Crippen LogP contribution in [0.1, 0.15) is 16.5 Å². The standard InChI is InChI=1S/C14H9N7O2S/c22-13-11-9(10(16-17-13)7-3-1-5-23-7)12(8-4-2-6-24-8)21-14(15-11)18-19-20-21/h1-6,12H,(H,17,22)(H,15,18,20)/t12-/m1/s1. The molecular weight excluding hydrogens is 330 g/mol. The van der Waals surface area contributed by atoms with Crippen molar-refractivity contribution >= 4 is 23.0 Å². The Morgan fingerprint density at radius 2 is 2.25 bits per heavy atom. The summed E-state index contributed by atoms with van der Waals surface area (Å²) < 4.78 is 7.13. The summed E-state index contributed by atoms with van der Waals surface area (Å²) in [6.07, 6.45) is 1.56. The van der Waals surface area contributed by atoms with Crippen molar-refractivity contribution in [3.8, 4) is 11.5 Å². The van der Waals surface area contributed by atoms with Crippen LogP contribution in [-0.2, 0) is 0 Å². The zero-order valence-electron chi connectivity index (χ0n) is 12.0. The van der Waals surface area contributed by atoms with Gasteiger partial charge in [-0.25, -0.2) is 5.10 Å². The maximum atomic E-state index is 12.3. The smallest absolute Gasteiger partial charge is 0.288 e. The Hall–Kier alpha value is -3.27. The van der Waals surface area contributed by atoms with Crippen molar-refractivity contribution in [2.24, 2.45) is 0 Å². The fourth-order valence-electron chi connectivity index (χ4n) is 2.85. The number of hydrogen-bond acceptors (Lipinski definition) is 8. The molecule has 0 aliphatic carbocycles. The number of rotatable bonds is 2. The Morgan fingerprint density at radius 3 is 3.04 bits per heavy atom. The van der Waals surface area contributed by atoms with Crippen LogP contribution in [-0.4, -0.2) is 30.4 Å². The van der Waals surface area contributed by atoms with Crippen molar-refractivity contribution in [1.82, 2.24) is 30.4 Å². The van der Waals surface area contributed by atoms with Gasteiger partial charge in [-0.15, -0.1) is 11.3 Å². The number of thiophene rings is 1. The molecule has 0 bridgehead atoms. The van der Waals surface area contributed by atoms with Gasteiger partial charge in [-0.05, 0) is 34.0 Å². The van der Waals surface area contributed by atoms with E-state index in [1.165, 1.54) is 0 Å². The maximum Gasteiger partial charge on any atom is 0.288 e. The molecule has 4 aromatic heterocycles. The van der Waals surface area contributed by atoms with Crippen LogP contribution in [0.25, 0.3) is 11.5 Å². The lowest BCUT2D eigenvalue weighted by Gasteiger charge is -2.26. The van der Waals surface area contributed by atoms with Gasteiger partial charge in [0.1, 0.15) is 17.4 Å². The molecule has 1 aliphatic heterocycles. The van der Waals surface area contributed by atoms with Crippen molar-refractivity contribution in [3.05, 3.63) is 56.7 Å². The summed E-state index contributed by atoms with van der Waals surface area (Å²) in [4.78, 5) is 13.3. The summed E-state index contributed by atoms with van der Waals surface area (Å²) >= 11 is 1.56. The molecular formula is C14H9N7O2S. The Labute approximate surface area is 137 Å². The highest BCUT2D eigenvalue weighted by molar-refractivity contribution is 7.10. The lowest BCUT2D eigenvalue weighted by atomic mass is 9.99. The van der Waals surface area contributed by atoms with E-state index in [9.17, 15) is 4.79 Å². The molecule has 0 amide bonds. The number of nitrogens with one attached hydrogen (secondary N) is 2. The second-order valence-electron chi connectivity index (χ2n) is 5.16. The molecule has 0 saturated carbocycles. The molecule has 0 saturated heterocycles. The summed E-state index contributed by atoms with van der Waals surface area (Å²) in [7, 11) is 0. The largest absolute Gasteiger partial charge is 0.463 e. The van der Waals surface area contributed by atoms with E-state index in [1.54, 1.807) is 34.4 Å². The van der Waals surface area contributed by atoms with E-state index in [0.717, 1.165) is 4.88 Å². The summed E-state index contributed by atoms with van der Waals surface area (Å²) in [5, 5.41) is 23.4. The number of fused-ring (bicyclic) bond motifs is 2. The van der Waals surface area contributed by atoms with E-state index in [1.807, 2.05) is 17.5 Å². The maximum absolute atomic E-state index is 12.3. The van der Waals surface area contributed by atoms with Crippen molar-refractivity contribution in [3.63, 3.8) is 0 Å². The molecule has 1 atom stereocenters. The molecule has 9 nitrogen and oxygen atoms in total. The highest BCUT2D eigenvalue weighted by Crippen LogP contribution is 2.42. The van der Waals surface area contributed by atoms with E-state index >= 15 is 0 Å². The van der Waals surface area contributed by atoms with Gasteiger partial charge >= 0.3 is 0 Å². The Bertz CT molecular complexity index is 1070. The molecule has 5 rings (SSSR count). The van der Waals surface area contributed by atoms with Crippen molar-refractivity contribution in [2.45, 2.75) is 6.04 Å². The van der Waals surface area contributed by atoms with Gasteiger partial charge in [0.2, 0.25) is 5.95 Å². The van der Waals surface area contributed by atoms with Crippen molar-refractivity contribution in [1.29, 1.82) is 0 Å². The first-order valence-corrected chi connectivity index (χ1v) is 7.95. The third-order valence-electron chi connectivity index (χ3n) is 3.84. The molecule has 0 fully saturated rings. The topological polar surface area (TPSA) is 115 Å². The van der Waals surface area contributed by atoms with Gasteiger partial charge < -0.3 is 9.73 Å². The van der Waals surface area contributed by atoms with E-state index in [4.69, 9.17) is 4.42 Å². The van der Waals surface area contributed by atoms with Crippen molar-refractivity contribution < 1.29 is 4.42 Å². The van der Waals surface area contributed by atoms with E-state index in [2.05, 4.69) is 31.0 Å². The van der Waals surface area contributed by atoms with Crippen LogP contribution < -0.4 is 10.9 Å². The summed E-state index contributed by atoms with van der Waals surface area (Å²) in [6, 6.07) is 7.12. The number of aromatic amines is 1. The van der Waals surface area contributed by atoms with Crippen LogP contribution >= 0.6 is 11.3 Å². The molecule has 118 valence electrons. The molecule has 10 heteroatoms. The van der Waals surface area contributed by atoms with Crippen LogP contribution in [0, 0.1) is 0 Å². The predicted molar refractivity (Wildman–Crippen MR) is 85.2 cm³/mol. The van der Waals surface area contributed by atoms with Crippen LogP contribution in [0.2, 0.25) is 0 Å². The summed E-state index contributed by atoms with van der Waals surface area (Å²) in [5.41, 5.74) is 1.26. The average molecular weight is 339 g/mol. The second kappa shape index (κ2) is 4.86. The second-order valence-corrected chi connectivity index (χ2v) is 6.14.